The molecule has 1 amide bonds. The molecule has 3 rings (SSSR count). The van der Waals surface area contributed by atoms with Crippen molar-refractivity contribution in [2.45, 2.75) is 51.9 Å². The molecule has 0 saturated carbocycles. The number of fused-ring (bicyclic) bond motifs is 3. The molecule has 0 bridgehead atoms. The number of alkyl carbamates (subject to hydrolysis) is 1. The van der Waals surface area contributed by atoms with E-state index in [4.69, 9.17) is 9.47 Å². The lowest BCUT2D eigenvalue weighted by Gasteiger charge is -2.21. The Hall–Kier alpha value is -3.35. The summed E-state index contributed by atoms with van der Waals surface area (Å²) in [5.41, 5.74) is 4.70. The largest absolute Gasteiger partial charge is 0.480 e. The number of hydrogen-bond donors (Lipinski definition) is 2. The Morgan fingerprint density at radius 1 is 1.07 bits per heavy atom. The maximum Gasteiger partial charge on any atom is 0.408 e. The van der Waals surface area contributed by atoms with E-state index < -0.39 is 36.1 Å². The Kier molecular flexibility index (Phi) is 6.10. The first kappa shape index (κ1) is 21.4. The number of benzene rings is 2. The number of hydrogen-bond acceptors (Lipinski definition) is 5. The molecule has 0 fully saturated rings. The van der Waals surface area contributed by atoms with E-state index >= 15 is 0 Å². The third kappa shape index (κ3) is 5.17. The molecule has 158 valence electrons. The number of esters is 1. The van der Waals surface area contributed by atoms with Crippen molar-refractivity contribution in [2.75, 3.05) is 0 Å². The fourth-order valence-corrected chi connectivity index (χ4v) is 3.44. The number of rotatable bonds is 6. The number of aliphatic carboxylic acids is 1. The molecule has 2 aromatic carbocycles. The third-order valence-corrected chi connectivity index (χ3v) is 4.69. The molecule has 2 aromatic rings. The summed E-state index contributed by atoms with van der Waals surface area (Å²) in [7, 11) is 0. The lowest BCUT2D eigenvalue weighted by atomic mass is 10.0. The zero-order chi connectivity index (χ0) is 21.9. The van der Waals surface area contributed by atoms with Crippen molar-refractivity contribution in [3.05, 3.63) is 59.2 Å². The first-order valence-corrected chi connectivity index (χ1v) is 9.71. The summed E-state index contributed by atoms with van der Waals surface area (Å²) < 4.78 is 10.4. The van der Waals surface area contributed by atoms with Crippen LogP contribution in [0.5, 0.6) is 0 Å². The topological polar surface area (TPSA) is 102 Å². The molecule has 1 aliphatic rings. The SMILES string of the molecule is CC(C)(C)OC(=O)C[C@H](NC(=O)OCc1cccc2c1Cc1ccccc1-2)C(=O)O. The maximum atomic E-state index is 12.2. The molecule has 7 nitrogen and oxygen atoms in total. The summed E-state index contributed by atoms with van der Waals surface area (Å²) in [6.07, 6.45) is -0.639. The Labute approximate surface area is 175 Å². The van der Waals surface area contributed by atoms with E-state index in [1.807, 2.05) is 30.3 Å². The molecule has 1 aliphatic carbocycles. The quantitative estimate of drug-likeness (QED) is 0.600. The number of carboxylic acids is 1. The van der Waals surface area contributed by atoms with E-state index in [9.17, 15) is 19.5 Å². The fraction of sp³-hybridized carbons (Fsp3) is 0.348. The van der Waals surface area contributed by atoms with Crippen LogP contribution in [0.15, 0.2) is 42.5 Å². The van der Waals surface area contributed by atoms with Gasteiger partial charge in [0, 0.05) is 0 Å². The summed E-state index contributed by atoms with van der Waals surface area (Å²) in [5, 5.41) is 11.5. The van der Waals surface area contributed by atoms with E-state index in [1.165, 1.54) is 11.1 Å². The van der Waals surface area contributed by atoms with Gasteiger partial charge < -0.3 is 19.9 Å². The number of carboxylic acid groups (broad SMARTS) is 1. The summed E-state index contributed by atoms with van der Waals surface area (Å²) in [4.78, 5) is 35.5. The summed E-state index contributed by atoms with van der Waals surface area (Å²) in [5.74, 6) is -2.05. The molecule has 0 unspecified atom stereocenters. The molecule has 1 atom stereocenters. The van der Waals surface area contributed by atoms with Crippen LogP contribution in [-0.2, 0) is 32.1 Å². The molecule has 30 heavy (non-hydrogen) atoms. The zero-order valence-electron chi connectivity index (χ0n) is 17.2. The van der Waals surface area contributed by atoms with Crippen molar-refractivity contribution in [1.82, 2.24) is 5.32 Å². The molecular weight excluding hydrogens is 386 g/mol. The minimum Gasteiger partial charge on any atom is -0.480 e. The van der Waals surface area contributed by atoms with Gasteiger partial charge in [-0.1, -0.05) is 42.5 Å². The molecule has 7 heteroatoms. The number of nitrogens with one attached hydrogen (secondary N) is 1. The second kappa shape index (κ2) is 8.57. The smallest absolute Gasteiger partial charge is 0.408 e. The molecule has 0 heterocycles. The highest BCUT2D eigenvalue weighted by atomic mass is 16.6. The number of carbonyl (C=O) groups is 3. The summed E-state index contributed by atoms with van der Waals surface area (Å²) >= 11 is 0. The van der Waals surface area contributed by atoms with Crippen molar-refractivity contribution in [3.8, 4) is 11.1 Å². The molecule has 2 N–H and O–H groups in total. The van der Waals surface area contributed by atoms with Gasteiger partial charge in [-0.2, -0.15) is 0 Å². The number of carbonyl (C=O) groups excluding carboxylic acids is 2. The van der Waals surface area contributed by atoms with Gasteiger partial charge in [0.15, 0.2) is 0 Å². The first-order valence-electron chi connectivity index (χ1n) is 9.71. The normalized spacial score (nSPS) is 13.0. The molecule has 0 aromatic heterocycles. The lowest BCUT2D eigenvalue weighted by molar-refractivity contribution is -0.158. The Bertz CT molecular complexity index is 976. The van der Waals surface area contributed by atoms with Gasteiger partial charge in [0.25, 0.3) is 0 Å². The Morgan fingerprint density at radius 3 is 2.47 bits per heavy atom. The van der Waals surface area contributed by atoms with Crippen LogP contribution in [0.1, 0.15) is 43.9 Å². The molecular formula is C23H25NO6. The van der Waals surface area contributed by atoms with Crippen LogP contribution in [0.4, 0.5) is 4.79 Å². The van der Waals surface area contributed by atoms with Crippen LogP contribution in [-0.4, -0.2) is 34.8 Å². The van der Waals surface area contributed by atoms with Crippen LogP contribution in [0.3, 0.4) is 0 Å². The van der Waals surface area contributed by atoms with Gasteiger partial charge >= 0.3 is 18.0 Å². The van der Waals surface area contributed by atoms with Gasteiger partial charge in [-0.05, 0) is 55.0 Å². The van der Waals surface area contributed by atoms with Crippen molar-refractivity contribution in [3.63, 3.8) is 0 Å². The zero-order valence-corrected chi connectivity index (χ0v) is 17.2. The summed E-state index contributed by atoms with van der Waals surface area (Å²) in [6.45, 7) is 5.04. The second-order valence-corrected chi connectivity index (χ2v) is 8.18. The summed E-state index contributed by atoms with van der Waals surface area (Å²) in [6, 6.07) is 12.5. The van der Waals surface area contributed by atoms with Crippen LogP contribution < -0.4 is 5.32 Å². The van der Waals surface area contributed by atoms with Gasteiger partial charge in [0.1, 0.15) is 18.2 Å². The predicted molar refractivity (Wildman–Crippen MR) is 110 cm³/mol. The van der Waals surface area contributed by atoms with E-state index in [0.29, 0.717) is 0 Å². The van der Waals surface area contributed by atoms with Gasteiger partial charge in [-0.25, -0.2) is 9.59 Å². The standard InChI is InChI=1S/C23H25NO6/c1-23(2,3)30-20(25)12-19(21(26)27)24-22(28)29-13-15-8-6-10-17-16-9-5-4-7-14(16)11-18(15)17/h4-10,19H,11-13H2,1-3H3,(H,24,28)(H,26,27)/t19-/m0/s1. The van der Waals surface area contributed by atoms with Crippen LogP contribution in [0.2, 0.25) is 0 Å². The molecule has 0 radical (unpaired) electrons. The Balaban J connectivity index is 1.61. The molecule has 0 aliphatic heterocycles. The minimum atomic E-state index is -1.43. The predicted octanol–water partition coefficient (Wildman–Crippen LogP) is 3.67. The molecule has 0 saturated heterocycles. The highest BCUT2D eigenvalue weighted by Gasteiger charge is 2.27. The number of ether oxygens (including phenoxy) is 2. The van der Waals surface area contributed by atoms with Gasteiger partial charge in [-0.15, -0.1) is 0 Å². The van der Waals surface area contributed by atoms with Crippen molar-refractivity contribution in [2.24, 2.45) is 0 Å². The Morgan fingerprint density at radius 2 is 1.77 bits per heavy atom. The number of amides is 1. The van der Waals surface area contributed by atoms with Gasteiger partial charge in [-0.3, -0.25) is 4.79 Å². The highest BCUT2D eigenvalue weighted by Crippen LogP contribution is 2.38. The van der Waals surface area contributed by atoms with Crippen molar-refractivity contribution in [1.29, 1.82) is 0 Å². The first-order chi connectivity index (χ1) is 14.1. The average Bonchev–Trinajstić information content (AvgIpc) is 3.03. The van der Waals surface area contributed by atoms with Crippen LogP contribution in [0, 0.1) is 0 Å². The van der Waals surface area contributed by atoms with E-state index in [2.05, 4.69) is 17.4 Å². The van der Waals surface area contributed by atoms with E-state index in [-0.39, 0.29) is 6.61 Å². The van der Waals surface area contributed by atoms with Crippen molar-refractivity contribution < 1.29 is 29.0 Å². The van der Waals surface area contributed by atoms with Gasteiger partial charge in [0.2, 0.25) is 0 Å². The van der Waals surface area contributed by atoms with Crippen LogP contribution in [0.25, 0.3) is 11.1 Å². The average molecular weight is 411 g/mol. The van der Waals surface area contributed by atoms with Crippen molar-refractivity contribution >= 4 is 18.0 Å². The minimum absolute atomic E-state index is 0.00176. The lowest BCUT2D eigenvalue weighted by Crippen LogP contribution is -2.43. The van der Waals surface area contributed by atoms with E-state index in [0.717, 1.165) is 23.1 Å². The van der Waals surface area contributed by atoms with Gasteiger partial charge in [0.05, 0.1) is 6.42 Å². The monoisotopic (exact) mass is 411 g/mol. The molecule has 0 spiro atoms. The van der Waals surface area contributed by atoms with E-state index in [1.54, 1.807) is 20.8 Å². The third-order valence-electron chi connectivity index (χ3n) is 4.69. The second-order valence-electron chi connectivity index (χ2n) is 8.18. The van der Waals surface area contributed by atoms with Crippen LogP contribution >= 0.6 is 0 Å². The fourth-order valence-electron chi connectivity index (χ4n) is 3.44. The maximum absolute atomic E-state index is 12.2. The highest BCUT2D eigenvalue weighted by molar-refractivity contribution is 5.85.